The van der Waals surface area contributed by atoms with Crippen LogP contribution in [0.25, 0.3) is 0 Å². The van der Waals surface area contributed by atoms with Crippen LogP contribution in [0.4, 0.5) is 10.1 Å². The van der Waals surface area contributed by atoms with Gasteiger partial charge in [-0.3, -0.25) is 4.90 Å². The highest BCUT2D eigenvalue weighted by Crippen LogP contribution is 2.23. The van der Waals surface area contributed by atoms with Crippen molar-refractivity contribution in [3.63, 3.8) is 0 Å². The maximum Gasteiger partial charge on any atom is 0.129 e. The molecular weight excluding hydrogens is 219 g/mol. The van der Waals surface area contributed by atoms with Crippen LogP contribution in [0.2, 0.25) is 0 Å². The Morgan fingerprint density at radius 1 is 1.53 bits per heavy atom. The summed E-state index contributed by atoms with van der Waals surface area (Å²) in [6, 6.07) is 4.77. The highest BCUT2D eigenvalue weighted by molar-refractivity contribution is 5.40. The summed E-state index contributed by atoms with van der Waals surface area (Å²) in [6.07, 6.45) is 1.76. The molecule has 94 valence electrons. The van der Waals surface area contributed by atoms with Gasteiger partial charge in [0.1, 0.15) is 5.82 Å². The van der Waals surface area contributed by atoms with Gasteiger partial charge in [0.15, 0.2) is 0 Å². The number of halogens is 1. The molecule has 1 aliphatic heterocycles. The molecule has 0 aromatic heterocycles. The zero-order valence-electron chi connectivity index (χ0n) is 10.1. The van der Waals surface area contributed by atoms with E-state index >= 15 is 0 Å². The third-order valence-corrected chi connectivity index (χ3v) is 3.23. The number of benzene rings is 1. The SMILES string of the molecule is CC1(O)CCCN(Cc2ccc(N)cc2F)C1. The highest BCUT2D eigenvalue weighted by atomic mass is 19.1. The van der Waals surface area contributed by atoms with Crippen molar-refractivity contribution in [2.45, 2.75) is 31.9 Å². The zero-order valence-corrected chi connectivity index (χ0v) is 10.1. The smallest absolute Gasteiger partial charge is 0.129 e. The Bertz CT molecular complexity index is 406. The summed E-state index contributed by atoms with van der Waals surface area (Å²) in [5.41, 5.74) is 5.94. The van der Waals surface area contributed by atoms with Crippen molar-refractivity contribution in [2.75, 3.05) is 18.8 Å². The molecule has 0 bridgehead atoms. The van der Waals surface area contributed by atoms with Crippen LogP contribution in [0.5, 0.6) is 0 Å². The monoisotopic (exact) mass is 238 g/mol. The van der Waals surface area contributed by atoms with E-state index < -0.39 is 5.60 Å². The van der Waals surface area contributed by atoms with E-state index in [1.54, 1.807) is 12.1 Å². The van der Waals surface area contributed by atoms with Crippen molar-refractivity contribution >= 4 is 5.69 Å². The van der Waals surface area contributed by atoms with Crippen LogP contribution in [0.15, 0.2) is 18.2 Å². The predicted octanol–water partition coefficient (Wildman–Crippen LogP) is 1.75. The van der Waals surface area contributed by atoms with Crippen molar-refractivity contribution in [3.8, 4) is 0 Å². The predicted molar refractivity (Wildman–Crippen MR) is 65.9 cm³/mol. The average molecular weight is 238 g/mol. The molecule has 1 fully saturated rings. The topological polar surface area (TPSA) is 49.5 Å². The molecule has 1 atom stereocenters. The van der Waals surface area contributed by atoms with Crippen LogP contribution >= 0.6 is 0 Å². The molecule has 1 aromatic rings. The second-order valence-corrected chi connectivity index (χ2v) is 5.16. The molecule has 1 aliphatic rings. The number of aliphatic hydroxyl groups is 1. The number of nitrogens with two attached hydrogens (primary N) is 1. The molecule has 1 aromatic carbocycles. The maximum atomic E-state index is 13.6. The van der Waals surface area contributed by atoms with Crippen LogP contribution < -0.4 is 5.73 Å². The first-order chi connectivity index (χ1) is 7.96. The fourth-order valence-electron chi connectivity index (χ4n) is 2.39. The molecule has 17 heavy (non-hydrogen) atoms. The van der Waals surface area contributed by atoms with Crippen molar-refractivity contribution < 1.29 is 9.50 Å². The van der Waals surface area contributed by atoms with Gasteiger partial charge in [-0.15, -0.1) is 0 Å². The fraction of sp³-hybridized carbons (Fsp3) is 0.538. The number of hydrogen-bond acceptors (Lipinski definition) is 3. The number of anilines is 1. The van der Waals surface area contributed by atoms with Crippen molar-refractivity contribution in [1.82, 2.24) is 4.90 Å². The average Bonchev–Trinajstić information content (AvgIpc) is 2.21. The van der Waals surface area contributed by atoms with Gasteiger partial charge in [-0.05, 0) is 38.4 Å². The number of nitrogens with zero attached hydrogens (tertiary/aromatic N) is 1. The quantitative estimate of drug-likeness (QED) is 0.772. The van der Waals surface area contributed by atoms with Crippen LogP contribution in [0, 0.1) is 5.82 Å². The second-order valence-electron chi connectivity index (χ2n) is 5.16. The summed E-state index contributed by atoms with van der Waals surface area (Å²) < 4.78 is 13.6. The van der Waals surface area contributed by atoms with Crippen LogP contribution in [-0.4, -0.2) is 28.7 Å². The molecule has 4 heteroatoms. The number of rotatable bonds is 2. The Labute approximate surface area is 101 Å². The van der Waals surface area contributed by atoms with Gasteiger partial charge in [0, 0.05) is 24.3 Å². The lowest BCUT2D eigenvalue weighted by atomic mass is 9.95. The van der Waals surface area contributed by atoms with Gasteiger partial charge in [-0.1, -0.05) is 6.07 Å². The van der Waals surface area contributed by atoms with E-state index in [4.69, 9.17) is 5.73 Å². The molecule has 3 N–H and O–H groups in total. The second kappa shape index (κ2) is 4.63. The summed E-state index contributed by atoms with van der Waals surface area (Å²) in [5, 5.41) is 9.98. The van der Waals surface area contributed by atoms with E-state index in [0.717, 1.165) is 19.4 Å². The van der Waals surface area contributed by atoms with Gasteiger partial charge in [0.25, 0.3) is 0 Å². The van der Waals surface area contributed by atoms with Gasteiger partial charge in [-0.25, -0.2) is 4.39 Å². The van der Waals surface area contributed by atoms with E-state index in [9.17, 15) is 9.50 Å². The number of likely N-dealkylation sites (tertiary alicyclic amines) is 1. The number of nitrogen functional groups attached to an aromatic ring is 1. The summed E-state index contributed by atoms with van der Waals surface area (Å²) in [5.74, 6) is -0.268. The van der Waals surface area contributed by atoms with Crippen molar-refractivity contribution in [2.24, 2.45) is 0 Å². The van der Waals surface area contributed by atoms with E-state index in [1.807, 2.05) is 6.92 Å². The van der Waals surface area contributed by atoms with Gasteiger partial charge < -0.3 is 10.8 Å². The number of β-amino-alcohol motifs (C(OH)–C–C–N with tert-alkyl or cyclic N) is 1. The molecule has 2 rings (SSSR count). The lowest BCUT2D eigenvalue weighted by Crippen LogP contribution is -2.45. The summed E-state index contributed by atoms with van der Waals surface area (Å²) in [6.45, 7) is 3.86. The van der Waals surface area contributed by atoms with E-state index in [0.29, 0.717) is 24.3 Å². The summed E-state index contributed by atoms with van der Waals surface area (Å²) in [7, 11) is 0. The maximum absolute atomic E-state index is 13.6. The Balaban J connectivity index is 2.05. The standard InChI is InChI=1S/C13H19FN2O/c1-13(17)5-2-6-16(9-13)8-10-3-4-11(15)7-12(10)14/h3-4,7,17H,2,5-6,8-9,15H2,1H3. The van der Waals surface area contributed by atoms with Gasteiger partial charge in [0.05, 0.1) is 5.60 Å². The molecule has 0 saturated carbocycles. The zero-order chi connectivity index (χ0) is 12.5. The Hall–Kier alpha value is -1.13. The number of hydrogen-bond donors (Lipinski definition) is 2. The lowest BCUT2D eigenvalue weighted by molar-refractivity contribution is -0.0184. The molecule has 3 nitrogen and oxygen atoms in total. The van der Waals surface area contributed by atoms with Gasteiger partial charge >= 0.3 is 0 Å². The molecule has 0 amide bonds. The molecule has 1 saturated heterocycles. The number of piperidine rings is 1. The Morgan fingerprint density at radius 3 is 2.94 bits per heavy atom. The van der Waals surface area contributed by atoms with E-state index in [2.05, 4.69) is 4.90 Å². The summed E-state index contributed by atoms with van der Waals surface area (Å²) in [4.78, 5) is 2.08. The van der Waals surface area contributed by atoms with E-state index in [-0.39, 0.29) is 5.82 Å². The minimum absolute atomic E-state index is 0.268. The molecule has 0 aliphatic carbocycles. The lowest BCUT2D eigenvalue weighted by Gasteiger charge is -2.36. The molecule has 1 unspecified atom stereocenters. The first-order valence-corrected chi connectivity index (χ1v) is 5.95. The first kappa shape index (κ1) is 12.3. The van der Waals surface area contributed by atoms with Crippen LogP contribution in [0.3, 0.4) is 0 Å². The minimum atomic E-state index is -0.650. The molecule has 0 radical (unpaired) electrons. The van der Waals surface area contributed by atoms with Gasteiger partial charge in [-0.2, -0.15) is 0 Å². The molecule has 0 spiro atoms. The first-order valence-electron chi connectivity index (χ1n) is 5.95. The third kappa shape index (κ3) is 3.17. The minimum Gasteiger partial charge on any atom is -0.399 e. The normalized spacial score (nSPS) is 26.1. The van der Waals surface area contributed by atoms with Crippen molar-refractivity contribution in [1.29, 1.82) is 0 Å². The summed E-state index contributed by atoms with van der Waals surface area (Å²) >= 11 is 0. The van der Waals surface area contributed by atoms with Crippen LogP contribution in [0.1, 0.15) is 25.3 Å². The molecular formula is C13H19FN2O. The van der Waals surface area contributed by atoms with Gasteiger partial charge in [0.2, 0.25) is 0 Å². The Kier molecular flexibility index (Phi) is 3.35. The van der Waals surface area contributed by atoms with Crippen molar-refractivity contribution in [3.05, 3.63) is 29.6 Å². The van der Waals surface area contributed by atoms with Crippen LogP contribution in [-0.2, 0) is 6.54 Å². The largest absolute Gasteiger partial charge is 0.399 e. The fourth-order valence-corrected chi connectivity index (χ4v) is 2.39. The molecule has 1 heterocycles. The third-order valence-electron chi connectivity index (χ3n) is 3.23. The van der Waals surface area contributed by atoms with E-state index in [1.165, 1.54) is 6.07 Å². The highest BCUT2D eigenvalue weighted by Gasteiger charge is 2.28. The Morgan fingerprint density at radius 2 is 2.29 bits per heavy atom.